The molecule has 38 heavy (non-hydrogen) atoms. The van der Waals surface area contributed by atoms with Crippen LogP contribution in [0.4, 0.5) is 0 Å². The Morgan fingerprint density at radius 2 is 1.76 bits per heavy atom. The first-order valence-electron chi connectivity index (χ1n) is 12.5. The topological polar surface area (TPSA) is 86.7 Å². The van der Waals surface area contributed by atoms with Gasteiger partial charge in [-0.05, 0) is 47.2 Å². The summed E-state index contributed by atoms with van der Waals surface area (Å²) < 4.78 is 28.1. The summed E-state index contributed by atoms with van der Waals surface area (Å²) in [7, 11) is -3.67. The predicted molar refractivity (Wildman–Crippen MR) is 148 cm³/mol. The van der Waals surface area contributed by atoms with Crippen molar-refractivity contribution >= 4 is 49.6 Å². The van der Waals surface area contributed by atoms with E-state index in [-0.39, 0.29) is 23.9 Å². The molecule has 1 amide bonds. The summed E-state index contributed by atoms with van der Waals surface area (Å²) in [6.07, 6.45) is 2.60. The van der Waals surface area contributed by atoms with Crippen LogP contribution in [0.15, 0.2) is 65.7 Å². The summed E-state index contributed by atoms with van der Waals surface area (Å²) in [6.45, 7) is 3.54. The van der Waals surface area contributed by atoms with Crippen LogP contribution in [0, 0.1) is 0 Å². The molecule has 0 radical (unpaired) electrons. The molecule has 2 aromatic carbocycles. The van der Waals surface area contributed by atoms with Crippen molar-refractivity contribution in [3.63, 3.8) is 0 Å². The highest BCUT2D eigenvalue weighted by molar-refractivity contribution is 7.89. The standard InChI is InChI=1S/C27H26ClN5O3S2/c28-21-6-4-20-16-23(7-5-19(20)15-21)38(35,36)33-13-11-32(12-14-33)27(34)26-30-24-8-10-31(18-25(24)37-26)17-22-3-1-2-9-29-22/h1-7,9,15-16H,8,10-14,17-18H2. The zero-order chi connectivity index (χ0) is 26.3. The number of benzene rings is 2. The molecule has 0 bridgehead atoms. The number of carbonyl (C=O) groups excluding carboxylic acids is 1. The minimum Gasteiger partial charge on any atom is -0.334 e. The summed E-state index contributed by atoms with van der Waals surface area (Å²) in [5.74, 6) is -0.125. The fourth-order valence-corrected chi connectivity index (χ4v) is 7.72. The van der Waals surface area contributed by atoms with Crippen molar-refractivity contribution in [2.45, 2.75) is 24.4 Å². The van der Waals surface area contributed by atoms with Gasteiger partial charge in [0.25, 0.3) is 5.91 Å². The fourth-order valence-electron chi connectivity index (χ4n) is 4.97. The van der Waals surface area contributed by atoms with Crippen molar-refractivity contribution in [1.82, 2.24) is 24.1 Å². The molecule has 11 heteroatoms. The number of aromatic nitrogens is 2. The van der Waals surface area contributed by atoms with Crippen molar-refractivity contribution in [2.75, 3.05) is 32.7 Å². The maximum atomic E-state index is 13.3. The number of halogens is 1. The van der Waals surface area contributed by atoms with Crippen molar-refractivity contribution in [3.05, 3.63) is 87.1 Å². The van der Waals surface area contributed by atoms with Gasteiger partial charge in [-0.3, -0.25) is 14.7 Å². The Morgan fingerprint density at radius 3 is 2.55 bits per heavy atom. The van der Waals surface area contributed by atoms with Gasteiger partial charge in [0.2, 0.25) is 10.0 Å². The highest BCUT2D eigenvalue weighted by Crippen LogP contribution is 2.28. The van der Waals surface area contributed by atoms with Crippen LogP contribution in [0.5, 0.6) is 0 Å². The van der Waals surface area contributed by atoms with Gasteiger partial charge in [-0.1, -0.05) is 29.8 Å². The third-order valence-corrected chi connectivity index (χ3v) is 10.2. The van der Waals surface area contributed by atoms with E-state index >= 15 is 0 Å². The Hall–Kier alpha value is -2.89. The lowest BCUT2D eigenvalue weighted by atomic mass is 10.1. The minimum absolute atomic E-state index is 0.125. The molecule has 0 aliphatic carbocycles. The average molecular weight is 568 g/mol. The van der Waals surface area contributed by atoms with E-state index in [1.54, 1.807) is 35.4 Å². The number of rotatable bonds is 5. The minimum atomic E-state index is -3.67. The van der Waals surface area contributed by atoms with Crippen molar-refractivity contribution < 1.29 is 13.2 Å². The number of pyridine rings is 1. The summed E-state index contributed by atoms with van der Waals surface area (Å²) in [6, 6.07) is 16.4. The number of carbonyl (C=O) groups is 1. The van der Waals surface area contributed by atoms with E-state index in [4.69, 9.17) is 11.6 Å². The summed E-state index contributed by atoms with van der Waals surface area (Å²) in [5.41, 5.74) is 2.02. The number of thiazole rings is 1. The number of piperazine rings is 1. The molecule has 2 aromatic heterocycles. The first kappa shape index (κ1) is 25.4. The maximum absolute atomic E-state index is 13.3. The highest BCUT2D eigenvalue weighted by atomic mass is 35.5. The van der Waals surface area contributed by atoms with Gasteiger partial charge in [0.15, 0.2) is 5.01 Å². The Labute approximate surface area is 230 Å². The van der Waals surface area contributed by atoms with E-state index in [0.29, 0.717) is 23.1 Å². The number of fused-ring (bicyclic) bond motifs is 2. The van der Waals surface area contributed by atoms with Crippen LogP contribution in [0.25, 0.3) is 10.8 Å². The molecular weight excluding hydrogens is 542 g/mol. The Kier molecular flexibility index (Phi) is 6.92. The molecule has 1 saturated heterocycles. The predicted octanol–water partition coefficient (Wildman–Crippen LogP) is 4.05. The molecule has 6 rings (SSSR count). The summed E-state index contributed by atoms with van der Waals surface area (Å²) in [5, 5.41) is 2.80. The largest absolute Gasteiger partial charge is 0.334 e. The Balaban J connectivity index is 1.10. The van der Waals surface area contributed by atoms with Crippen LogP contribution < -0.4 is 0 Å². The molecule has 2 aliphatic rings. The molecule has 0 unspecified atom stereocenters. The molecule has 8 nitrogen and oxygen atoms in total. The number of hydrogen-bond donors (Lipinski definition) is 0. The Morgan fingerprint density at radius 1 is 0.974 bits per heavy atom. The normalized spacial score (nSPS) is 17.0. The average Bonchev–Trinajstić information content (AvgIpc) is 3.36. The van der Waals surface area contributed by atoms with Crippen LogP contribution in [-0.4, -0.2) is 71.1 Å². The van der Waals surface area contributed by atoms with E-state index in [1.807, 2.05) is 30.3 Å². The molecule has 2 aliphatic heterocycles. The van der Waals surface area contributed by atoms with E-state index in [9.17, 15) is 13.2 Å². The first-order chi connectivity index (χ1) is 18.4. The molecule has 196 valence electrons. The van der Waals surface area contributed by atoms with Gasteiger partial charge in [-0.2, -0.15) is 4.31 Å². The van der Waals surface area contributed by atoms with Crippen LogP contribution >= 0.6 is 22.9 Å². The molecular formula is C27H26ClN5O3S2. The van der Waals surface area contributed by atoms with Crippen molar-refractivity contribution in [2.24, 2.45) is 0 Å². The smallest absolute Gasteiger partial charge is 0.282 e. The highest BCUT2D eigenvalue weighted by Gasteiger charge is 2.32. The third kappa shape index (κ3) is 5.06. The quantitative estimate of drug-likeness (QED) is 0.362. The van der Waals surface area contributed by atoms with E-state index in [2.05, 4.69) is 14.9 Å². The summed E-state index contributed by atoms with van der Waals surface area (Å²) >= 11 is 7.50. The van der Waals surface area contributed by atoms with Gasteiger partial charge in [-0.25, -0.2) is 13.4 Å². The summed E-state index contributed by atoms with van der Waals surface area (Å²) in [4.78, 5) is 27.7. The van der Waals surface area contributed by atoms with Crippen LogP contribution in [0.2, 0.25) is 5.02 Å². The van der Waals surface area contributed by atoms with Crippen molar-refractivity contribution in [3.8, 4) is 0 Å². The van der Waals surface area contributed by atoms with E-state index in [0.717, 1.165) is 53.1 Å². The lowest BCUT2D eigenvalue weighted by Gasteiger charge is -2.33. The SMILES string of the molecule is O=C(c1nc2c(s1)CN(Cc1ccccn1)CC2)N1CCN(S(=O)(=O)c2ccc3cc(Cl)ccc3c2)CC1. The number of amides is 1. The molecule has 4 aromatic rings. The molecule has 4 heterocycles. The second kappa shape index (κ2) is 10.3. The molecule has 0 saturated carbocycles. The zero-order valence-electron chi connectivity index (χ0n) is 20.6. The van der Waals surface area contributed by atoms with Crippen molar-refractivity contribution in [1.29, 1.82) is 0 Å². The molecule has 0 atom stereocenters. The van der Waals surface area contributed by atoms with E-state index in [1.165, 1.54) is 15.6 Å². The van der Waals surface area contributed by atoms with Crippen LogP contribution in [0.1, 0.15) is 26.1 Å². The molecule has 1 fully saturated rings. The second-order valence-electron chi connectivity index (χ2n) is 9.52. The number of hydrogen-bond acceptors (Lipinski definition) is 7. The number of nitrogens with zero attached hydrogens (tertiary/aromatic N) is 5. The maximum Gasteiger partial charge on any atom is 0.282 e. The van der Waals surface area contributed by atoms with Crippen LogP contribution in [0.3, 0.4) is 0 Å². The van der Waals surface area contributed by atoms with Gasteiger partial charge in [-0.15, -0.1) is 11.3 Å². The van der Waals surface area contributed by atoms with Gasteiger partial charge >= 0.3 is 0 Å². The second-order valence-corrected chi connectivity index (χ2v) is 13.0. The van der Waals surface area contributed by atoms with Crippen LogP contribution in [-0.2, 0) is 29.5 Å². The molecule has 0 N–H and O–H groups in total. The zero-order valence-corrected chi connectivity index (χ0v) is 23.0. The first-order valence-corrected chi connectivity index (χ1v) is 15.1. The van der Waals surface area contributed by atoms with Gasteiger partial charge in [0.1, 0.15) is 0 Å². The molecule has 0 spiro atoms. The monoisotopic (exact) mass is 567 g/mol. The fraction of sp³-hybridized carbons (Fsp3) is 0.296. The lowest BCUT2D eigenvalue weighted by Crippen LogP contribution is -2.50. The lowest BCUT2D eigenvalue weighted by molar-refractivity contribution is 0.0697. The van der Waals surface area contributed by atoms with Gasteiger partial charge < -0.3 is 4.90 Å². The van der Waals surface area contributed by atoms with Gasteiger partial charge in [0.05, 0.1) is 16.3 Å². The Bertz CT molecular complexity index is 1600. The van der Waals surface area contributed by atoms with E-state index < -0.39 is 10.0 Å². The number of sulfonamides is 1. The third-order valence-electron chi connectivity index (χ3n) is 7.04. The van der Waals surface area contributed by atoms with Gasteiger partial charge in [0, 0.05) is 68.3 Å².